The first-order chi connectivity index (χ1) is 43.8. The summed E-state index contributed by atoms with van der Waals surface area (Å²) < 4.78 is 22.1. The van der Waals surface area contributed by atoms with Crippen molar-refractivity contribution in [1.82, 2.24) is 29.9 Å². The van der Waals surface area contributed by atoms with Crippen molar-refractivity contribution in [3.8, 4) is 34.5 Å². The molecule has 3 saturated heterocycles. The molecule has 15 heteroatoms. The van der Waals surface area contributed by atoms with Crippen LogP contribution in [0.5, 0.6) is 34.5 Å². The summed E-state index contributed by atoms with van der Waals surface area (Å²) in [7, 11) is 0. The third-order valence-electron chi connectivity index (χ3n) is 23.3. The second kappa shape index (κ2) is 23.5. The zero-order valence-electron chi connectivity index (χ0n) is 57.7. The second-order valence-electron chi connectivity index (χ2n) is 32.7. The Labute approximate surface area is 552 Å². The summed E-state index contributed by atoms with van der Waals surface area (Å²) in [4.78, 5) is 7.01. The molecule has 7 aliphatic rings. The first-order valence-electron chi connectivity index (χ1n) is 34.2. The number of hydroxylamine groups is 6. The summed E-state index contributed by atoms with van der Waals surface area (Å²) in [6, 6.07) is 38.0. The van der Waals surface area contributed by atoms with E-state index < -0.39 is 51.0 Å². The molecule has 13 rings (SSSR count). The summed E-state index contributed by atoms with van der Waals surface area (Å²) in [5.41, 5.74) is 6.37. The first-order valence-corrected chi connectivity index (χ1v) is 34.2. The van der Waals surface area contributed by atoms with Crippen LogP contribution in [0.3, 0.4) is 0 Å². The lowest BCUT2D eigenvalue weighted by Gasteiger charge is -2.54. The Morgan fingerprint density at radius 1 is 0.344 bits per heavy atom. The Balaban J connectivity index is 1.13. The molecule has 0 aromatic heterocycles. The molecular weight excluding hydrogens is 1160 g/mol. The van der Waals surface area contributed by atoms with Gasteiger partial charge in [-0.25, -0.2) is 0 Å². The Morgan fingerprint density at radius 3 is 0.774 bits per heavy atom. The van der Waals surface area contributed by atoms with E-state index in [0.29, 0.717) is 109 Å². The van der Waals surface area contributed by atoms with Crippen molar-refractivity contribution in [1.29, 1.82) is 0 Å². The zero-order valence-corrected chi connectivity index (χ0v) is 57.7. The Morgan fingerprint density at radius 2 is 0.559 bits per heavy atom. The maximum absolute atomic E-state index is 14.0. The van der Waals surface area contributed by atoms with Gasteiger partial charge >= 0.3 is 0 Å². The molecule has 6 atom stereocenters. The van der Waals surface area contributed by atoms with Gasteiger partial charge in [0.15, 0.2) is 0 Å². The molecule has 6 aromatic rings. The minimum Gasteiger partial charge on any atom is -0.507 e. The van der Waals surface area contributed by atoms with E-state index in [1.165, 1.54) is 15.2 Å². The topological polar surface area (TPSA) is 169 Å². The van der Waals surface area contributed by atoms with Crippen molar-refractivity contribution >= 4 is 0 Å². The van der Waals surface area contributed by atoms with E-state index in [1.807, 2.05) is 18.2 Å². The quantitative estimate of drug-likeness (QED) is 0.0808. The number of piperidine rings is 3. The van der Waals surface area contributed by atoms with Crippen LogP contribution in [0.25, 0.3) is 0 Å². The molecule has 1 aliphatic carbocycles. The number of benzene rings is 6. The Hall–Kier alpha value is -6.24. The molecule has 6 N–H and O–H groups in total. The monoisotopic (exact) mass is 1270 g/mol. The highest BCUT2D eigenvalue weighted by molar-refractivity contribution is 5.69. The fourth-order valence-corrected chi connectivity index (χ4v) is 18.9. The molecule has 6 heterocycles. The maximum atomic E-state index is 14.0. The van der Waals surface area contributed by atoms with Crippen molar-refractivity contribution in [2.45, 2.75) is 249 Å². The van der Waals surface area contributed by atoms with E-state index in [9.17, 15) is 30.9 Å². The van der Waals surface area contributed by atoms with Crippen LogP contribution in [0, 0.1) is 0 Å². The number of rotatable bonds is 9. The van der Waals surface area contributed by atoms with Crippen LogP contribution in [0.1, 0.15) is 245 Å². The summed E-state index contributed by atoms with van der Waals surface area (Å²) in [5, 5.41) is 81.5. The molecule has 0 spiro atoms. The van der Waals surface area contributed by atoms with Gasteiger partial charge in [-0.15, -0.1) is 0 Å². The minimum atomic E-state index is -0.596. The van der Waals surface area contributed by atoms with Gasteiger partial charge in [0.05, 0.1) is 16.7 Å². The standard InChI is InChI=1S/C78H102N6O9/c1-46(49-25-19-16-20-26-49)64-55-31-59(71-61(67(55)85)40-79(44-92-71)52-34-73(4,5)82(88)74(6,7)35-52)66(48(3)51-29-23-18-24-30-51)57-33-60(72-63(69(57)87)42-81(45-93-72)54-38-77(12,13)84(90)78(14,15)39-54)65(47(2)50-27-21-17-22-28-50)56-32-58(64)70-62(68(56)86)41-80(43-91-70)53-36-75(8,9)83(89)76(10,11)37-53/h16-33,46-48,52-54,64-66,85-90H,34-45H2,1-15H3/t46-,47-,48-,64?,65?,66?/m1/s1. The van der Waals surface area contributed by atoms with Gasteiger partial charge in [-0.1, -0.05) is 112 Å². The van der Waals surface area contributed by atoms with E-state index in [2.05, 4.69) is 210 Å². The highest BCUT2D eigenvalue weighted by Gasteiger charge is 2.52. The van der Waals surface area contributed by atoms with Gasteiger partial charge in [0.25, 0.3) is 0 Å². The van der Waals surface area contributed by atoms with Crippen molar-refractivity contribution in [3.63, 3.8) is 0 Å². The van der Waals surface area contributed by atoms with Gasteiger partial charge in [-0.3, -0.25) is 14.7 Å². The van der Waals surface area contributed by atoms with E-state index in [0.717, 1.165) is 33.4 Å². The molecule has 3 unspecified atom stereocenters. The minimum absolute atomic E-state index is 0.0231. The van der Waals surface area contributed by atoms with E-state index in [1.54, 1.807) is 0 Å². The number of hydrogen-bond acceptors (Lipinski definition) is 15. The molecule has 6 bridgehead atoms. The molecule has 3 fully saturated rings. The average Bonchev–Trinajstić information content (AvgIpc) is 0.719. The molecule has 93 heavy (non-hydrogen) atoms. The molecule has 0 radical (unpaired) electrons. The number of phenolic OH excluding ortho intramolecular Hbond substituents is 3. The number of phenols is 3. The van der Waals surface area contributed by atoms with Crippen LogP contribution in [0.15, 0.2) is 109 Å². The van der Waals surface area contributed by atoms with Gasteiger partial charge in [0.2, 0.25) is 0 Å². The largest absolute Gasteiger partial charge is 0.507 e. The van der Waals surface area contributed by atoms with E-state index >= 15 is 0 Å². The highest BCUT2D eigenvalue weighted by atomic mass is 16.5. The number of fused-ring (bicyclic) bond motifs is 12. The van der Waals surface area contributed by atoms with Gasteiger partial charge in [0, 0.05) is 122 Å². The van der Waals surface area contributed by atoms with Crippen LogP contribution in [-0.4, -0.2) is 132 Å². The lowest BCUT2D eigenvalue weighted by atomic mass is 9.68. The van der Waals surface area contributed by atoms with Gasteiger partial charge in [-0.05, 0) is 174 Å². The van der Waals surface area contributed by atoms with Crippen molar-refractivity contribution in [2.24, 2.45) is 0 Å². The van der Waals surface area contributed by atoms with Crippen LogP contribution in [0.4, 0.5) is 0 Å². The van der Waals surface area contributed by atoms with Gasteiger partial charge < -0.3 is 45.2 Å². The van der Waals surface area contributed by atoms with Crippen LogP contribution < -0.4 is 14.2 Å². The second-order valence-corrected chi connectivity index (χ2v) is 32.7. The van der Waals surface area contributed by atoms with Crippen LogP contribution in [0.2, 0.25) is 0 Å². The molecule has 15 nitrogen and oxygen atoms in total. The fraction of sp³-hybridized carbons (Fsp3) is 0.538. The number of nitrogens with zero attached hydrogens (tertiary/aromatic N) is 6. The van der Waals surface area contributed by atoms with Crippen molar-refractivity contribution in [3.05, 3.63) is 176 Å². The summed E-state index contributed by atoms with van der Waals surface area (Å²) >= 11 is 0. The predicted octanol–water partition coefficient (Wildman–Crippen LogP) is 15.6. The van der Waals surface area contributed by atoms with Gasteiger partial charge in [-0.2, -0.15) is 15.2 Å². The molecule has 498 valence electrons. The number of hydrogen-bond donors (Lipinski definition) is 6. The van der Waals surface area contributed by atoms with Crippen molar-refractivity contribution in [2.75, 3.05) is 20.2 Å². The fourth-order valence-electron chi connectivity index (χ4n) is 18.9. The van der Waals surface area contributed by atoms with Crippen molar-refractivity contribution < 1.29 is 45.2 Å². The van der Waals surface area contributed by atoms with E-state index in [-0.39, 0.29) is 73.3 Å². The first kappa shape index (κ1) is 65.4. The molecular formula is C78H102N6O9. The summed E-state index contributed by atoms with van der Waals surface area (Å²) in [6.45, 7) is 33.5. The summed E-state index contributed by atoms with van der Waals surface area (Å²) in [6.07, 6.45) is 3.96. The third-order valence-corrected chi connectivity index (χ3v) is 23.3. The number of ether oxygens (including phenoxy) is 3. The lowest BCUT2D eigenvalue weighted by Crippen LogP contribution is -2.63. The molecule has 0 amide bonds. The van der Waals surface area contributed by atoms with E-state index in [4.69, 9.17) is 14.2 Å². The smallest absolute Gasteiger partial charge is 0.142 e. The molecule has 0 saturated carbocycles. The molecule has 6 aliphatic heterocycles. The van der Waals surface area contributed by atoms with Crippen LogP contribution >= 0.6 is 0 Å². The SMILES string of the molecule is C[C@H](c1ccccc1)C1c2cc(c3c(c2O)CN(C2CC(C)(C)N(O)C(C)(C)C2)CO3)C([C@H](C)c2ccccc2)c2cc(c3c(c2O)CN(C2CC(C)(C)N(O)C(C)(C)C2)CO3)C([C@H](C)c2ccccc2)c2cc1c1c(c2O)CN(C2CC(C)(C)N(O)C(C)(C)C2)CO1. The Kier molecular flexibility index (Phi) is 16.6. The van der Waals surface area contributed by atoms with Gasteiger partial charge in [0.1, 0.15) is 54.7 Å². The lowest BCUT2D eigenvalue weighted by molar-refractivity contribution is -0.254. The van der Waals surface area contributed by atoms with Crippen LogP contribution in [-0.2, 0) is 19.6 Å². The average molecular weight is 1270 g/mol. The zero-order chi connectivity index (χ0) is 66.4. The predicted molar refractivity (Wildman–Crippen MR) is 362 cm³/mol. The number of aromatic hydroxyl groups is 3. The Bertz CT molecular complexity index is 3340. The molecule has 6 aromatic carbocycles. The highest BCUT2D eigenvalue weighted by Crippen LogP contribution is 2.61. The third kappa shape index (κ3) is 11.3. The summed E-state index contributed by atoms with van der Waals surface area (Å²) in [5.74, 6) is -0.520. The maximum Gasteiger partial charge on any atom is 0.142 e. The normalized spacial score (nSPS) is 25.9.